The molecule has 7 nitrogen and oxygen atoms in total. The summed E-state index contributed by atoms with van der Waals surface area (Å²) in [5.74, 6) is -0.684. The number of esters is 1. The van der Waals surface area contributed by atoms with Gasteiger partial charge in [-0.05, 0) is 19.1 Å². The highest BCUT2D eigenvalue weighted by Gasteiger charge is 2.19. The van der Waals surface area contributed by atoms with Gasteiger partial charge in [0.2, 0.25) is 5.43 Å². The Morgan fingerprint density at radius 3 is 2.67 bits per heavy atom. The molecule has 0 aliphatic rings. The standard InChI is InChI=1S/C19H15ClO7/c1-2-24-15(23)10-25-14-8-12(21)17-13(22)9-16(27-19(17)18(14)20)26-11-6-4-3-5-7-11/h3-9,21H,2,10H2,1H3. The number of hydrogen-bond donors (Lipinski definition) is 1. The number of ether oxygens (including phenoxy) is 3. The molecule has 8 heteroatoms. The van der Waals surface area contributed by atoms with E-state index in [9.17, 15) is 14.7 Å². The van der Waals surface area contributed by atoms with Gasteiger partial charge in [0, 0.05) is 6.07 Å². The van der Waals surface area contributed by atoms with Crippen LogP contribution >= 0.6 is 11.6 Å². The van der Waals surface area contributed by atoms with Crippen LogP contribution < -0.4 is 14.9 Å². The van der Waals surface area contributed by atoms with Gasteiger partial charge in [0.1, 0.15) is 27.7 Å². The molecule has 1 N–H and O–H groups in total. The van der Waals surface area contributed by atoms with E-state index in [0.29, 0.717) is 5.75 Å². The van der Waals surface area contributed by atoms with Gasteiger partial charge in [0.25, 0.3) is 5.95 Å². The van der Waals surface area contributed by atoms with E-state index in [0.717, 1.165) is 12.1 Å². The maximum absolute atomic E-state index is 12.4. The van der Waals surface area contributed by atoms with Crippen molar-refractivity contribution in [2.75, 3.05) is 13.2 Å². The number of para-hydroxylation sites is 1. The summed E-state index contributed by atoms with van der Waals surface area (Å²) in [5.41, 5.74) is -0.660. The Labute approximate surface area is 158 Å². The van der Waals surface area contributed by atoms with Crippen molar-refractivity contribution >= 4 is 28.5 Å². The quantitative estimate of drug-likeness (QED) is 0.638. The first-order valence-electron chi connectivity index (χ1n) is 8.00. The van der Waals surface area contributed by atoms with E-state index >= 15 is 0 Å². The third kappa shape index (κ3) is 4.15. The van der Waals surface area contributed by atoms with Gasteiger partial charge < -0.3 is 23.7 Å². The third-order valence-corrected chi connectivity index (χ3v) is 3.84. The molecular weight excluding hydrogens is 376 g/mol. The fourth-order valence-corrected chi connectivity index (χ4v) is 2.58. The third-order valence-electron chi connectivity index (χ3n) is 3.48. The fourth-order valence-electron chi connectivity index (χ4n) is 2.34. The average Bonchev–Trinajstić information content (AvgIpc) is 2.64. The number of hydrogen-bond acceptors (Lipinski definition) is 7. The highest BCUT2D eigenvalue weighted by atomic mass is 35.5. The van der Waals surface area contributed by atoms with E-state index in [2.05, 4.69) is 0 Å². The van der Waals surface area contributed by atoms with E-state index < -0.39 is 23.8 Å². The summed E-state index contributed by atoms with van der Waals surface area (Å²) in [4.78, 5) is 23.8. The number of phenolic OH excluding ortho intramolecular Hbond substituents is 1. The largest absolute Gasteiger partial charge is 0.507 e. The van der Waals surface area contributed by atoms with Crippen LogP contribution in [0.2, 0.25) is 5.02 Å². The lowest BCUT2D eigenvalue weighted by Crippen LogP contribution is -2.14. The molecule has 1 aromatic heterocycles. The van der Waals surface area contributed by atoms with Crippen LogP contribution in [0.4, 0.5) is 0 Å². The zero-order valence-corrected chi connectivity index (χ0v) is 15.0. The number of benzene rings is 2. The van der Waals surface area contributed by atoms with Crippen molar-refractivity contribution in [1.29, 1.82) is 0 Å². The van der Waals surface area contributed by atoms with Crippen LogP contribution in [-0.2, 0) is 9.53 Å². The molecule has 0 saturated heterocycles. The van der Waals surface area contributed by atoms with E-state index in [1.807, 2.05) is 6.07 Å². The molecule has 0 saturated carbocycles. The van der Waals surface area contributed by atoms with Gasteiger partial charge in [0.05, 0.1) is 12.7 Å². The van der Waals surface area contributed by atoms with Crippen LogP contribution in [0, 0.1) is 0 Å². The lowest BCUT2D eigenvalue weighted by atomic mass is 10.2. The van der Waals surface area contributed by atoms with Gasteiger partial charge in [-0.1, -0.05) is 29.8 Å². The molecule has 2 aromatic carbocycles. The highest BCUT2D eigenvalue weighted by molar-refractivity contribution is 6.36. The van der Waals surface area contributed by atoms with Gasteiger partial charge in [-0.25, -0.2) is 4.79 Å². The van der Waals surface area contributed by atoms with E-state index in [-0.39, 0.29) is 34.3 Å². The Hall–Kier alpha value is -3.19. The Balaban J connectivity index is 1.99. The van der Waals surface area contributed by atoms with Crippen LogP contribution in [0.1, 0.15) is 6.92 Å². The number of rotatable bonds is 6. The minimum Gasteiger partial charge on any atom is -0.507 e. The monoisotopic (exact) mass is 390 g/mol. The second-order valence-corrected chi connectivity index (χ2v) is 5.73. The number of halogens is 1. The normalized spacial score (nSPS) is 10.6. The van der Waals surface area contributed by atoms with Gasteiger partial charge in [-0.2, -0.15) is 0 Å². The first-order valence-corrected chi connectivity index (χ1v) is 8.38. The summed E-state index contributed by atoms with van der Waals surface area (Å²) < 4.78 is 21.1. The SMILES string of the molecule is CCOC(=O)COc1cc(O)c2c(=O)cc(Oc3ccccc3)oc2c1Cl. The van der Waals surface area contributed by atoms with Crippen LogP contribution in [0.3, 0.4) is 0 Å². The highest BCUT2D eigenvalue weighted by Crippen LogP contribution is 2.39. The molecule has 0 amide bonds. The summed E-state index contributed by atoms with van der Waals surface area (Å²) in [7, 11) is 0. The maximum Gasteiger partial charge on any atom is 0.344 e. The molecule has 0 spiro atoms. The molecule has 3 rings (SSSR count). The number of aromatic hydroxyl groups is 1. The molecule has 27 heavy (non-hydrogen) atoms. The predicted molar refractivity (Wildman–Crippen MR) is 97.8 cm³/mol. The smallest absolute Gasteiger partial charge is 0.344 e. The Morgan fingerprint density at radius 2 is 1.96 bits per heavy atom. The first-order chi connectivity index (χ1) is 13.0. The molecule has 1 heterocycles. The van der Waals surface area contributed by atoms with Crippen molar-refractivity contribution < 1.29 is 28.5 Å². The molecule has 0 bridgehead atoms. The molecule has 0 unspecified atom stereocenters. The fraction of sp³-hybridized carbons (Fsp3) is 0.158. The predicted octanol–water partition coefficient (Wildman–Crippen LogP) is 3.89. The summed E-state index contributed by atoms with van der Waals surface area (Å²) in [6.45, 7) is 1.45. The van der Waals surface area contributed by atoms with Crippen molar-refractivity contribution in [3.63, 3.8) is 0 Å². The van der Waals surface area contributed by atoms with Gasteiger partial charge in [0.15, 0.2) is 12.2 Å². The minimum atomic E-state index is -0.601. The molecule has 3 aromatic rings. The summed E-state index contributed by atoms with van der Waals surface area (Å²) >= 11 is 6.24. The number of phenols is 1. The van der Waals surface area contributed by atoms with Crippen molar-refractivity contribution in [2.45, 2.75) is 6.92 Å². The Kier molecular flexibility index (Phi) is 5.52. The second-order valence-electron chi connectivity index (χ2n) is 5.35. The molecule has 0 aliphatic carbocycles. The molecule has 0 radical (unpaired) electrons. The van der Waals surface area contributed by atoms with Gasteiger partial charge >= 0.3 is 5.97 Å². The molecule has 0 aliphatic heterocycles. The Morgan fingerprint density at radius 1 is 1.22 bits per heavy atom. The molecule has 140 valence electrons. The number of carbonyl (C=O) groups excluding carboxylic acids is 1. The lowest BCUT2D eigenvalue weighted by molar-refractivity contribution is -0.145. The first kappa shape index (κ1) is 18.6. The van der Waals surface area contributed by atoms with Crippen molar-refractivity contribution in [3.05, 3.63) is 57.7 Å². The van der Waals surface area contributed by atoms with Crippen molar-refractivity contribution in [1.82, 2.24) is 0 Å². The van der Waals surface area contributed by atoms with Crippen molar-refractivity contribution in [2.24, 2.45) is 0 Å². The van der Waals surface area contributed by atoms with E-state index in [1.165, 1.54) is 0 Å². The van der Waals surface area contributed by atoms with Crippen LogP contribution in [0.25, 0.3) is 11.0 Å². The number of fused-ring (bicyclic) bond motifs is 1. The molecule has 0 atom stereocenters. The Bertz CT molecular complexity index is 1030. The van der Waals surface area contributed by atoms with Gasteiger partial charge in [-0.15, -0.1) is 0 Å². The van der Waals surface area contributed by atoms with Crippen LogP contribution in [0.15, 0.2) is 51.7 Å². The summed E-state index contributed by atoms with van der Waals surface area (Å²) in [6, 6.07) is 10.9. The summed E-state index contributed by atoms with van der Waals surface area (Å²) in [6.07, 6.45) is 0. The zero-order chi connectivity index (χ0) is 19.4. The van der Waals surface area contributed by atoms with Crippen LogP contribution in [-0.4, -0.2) is 24.3 Å². The summed E-state index contributed by atoms with van der Waals surface area (Å²) in [5, 5.41) is 9.95. The van der Waals surface area contributed by atoms with E-state index in [1.54, 1.807) is 31.2 Å². The zero-order valence-electron chi connectivity index (χ0n) is 14.2. The lowest BCUT2D eigenvalue weighted by Gasteiger charge is -2.11. The second kappa shape index (κ2) is 8.01. The molecular formula is C19H15ClO7. The minimum absolute atomic E-state index is 0.0327. The van der Waals surface area contributed by atoms with Gasteiger partial charge in [-0.3, -0.25) is 4.79 Å². The number of carbonyl (C=O) groups is 1. The van der Waals surface area contributed by atoms with Crippen LogP contribution in [0.5, 0.6) is 23.2 Å². The topological polar surface area (TPSA) is 95.2 Å². The molecule has 0 fully saturated rings. The van der Waals surface area contributed by atoms with Crippen molar-refractivity contribution in [3.8, 4) is 23.2 Å². The van der Waals surface area contributed by atoms with E-state index in [4.69, 9.17) is 30.2 Å². The maximum atomic E-state index is 12.4. The average molecular weight is 391 g/mol.